The van der Waals surface area contributed by atoms with Gasteiger partial charge in [0.05, 0.1) is 11.1 Å². The van der Waals surface area contributed by atoms with Crippen molar-refractivity contribution >= 4 is 0 Å². The van der Waals surface area contributed by atoms with Crippen molar-refractivity contribution in [2.75, 3.05) is 13.6 Å². The second-order valence-electron chi connectivity index (χ2n) is 6.30. The lowest BCUT2D eigenvalue weighted by Gasteiger charge is -2.14. The molecule has 8 heteroatoms. The van der Waals surface area contributed by atoms with Gasteiger partial charge in [-0.1, -0.05) is 0 Å². The highest BCUT2D eigenvalue weighted by Gasteiger charge is 2.19. The van der Waals surface area contributed by atoms with Gasteiger partial charge in [0.2, 0.25) is 13.6 Å². The minimum atomic E-state index is 0.146. The van der Waals surface area contributed by atoms with Crippen LogP contribution in [0.25, 0.3) is 0 Å². The zero-order chi connectivity index (χ0) is 20.5. The molecule has 0 fully saturated rings. The fraction of sp³-hybridized carbons (Fsp3) is 0.0909. The number of rotatable bonds is 4. The van der Waals surface area contributed by atoms with Gasteiger partial charge in [-0.05, 0) is 24.3 Å². The van der Waals surface area contributed by atoms with Gasteiger partial charge < -0.3 is 28.4 Å². The zero-order valence-electron chi connectivity index (χ0n) is 15.4. The van der Waals surface area contributed by atoms with Crippen LogP contribution in [0.5, 0.6) is 46.0 Å². The summed E-state index contributed by atoms with van der Waals surface area (Å²) in [5.74, 6) is 3.81. The molecule has 3 aromatic rings. The maximum absolute atomic E-state index is 9.39. The summed E-state index contributed by atoms with van der Waals surface area (Å²) < 4.78 is 33.3. The van der Waals surface area contributed by atoms with E-state index in [1.807, 2.05) is 12.1 Å². The molecule has 0 bridgehead atoms. The lowest BCUT2D eigenvalue weighted by molar-refractivity contribution is 0.173. The van der Waals surface area contributed by atoms with Gasteiger partial charge in [-0.3, -0.25) is 0 Å². The molecule has 0 N–H and O–H groups in total. The van der Waals surface area contributed by atoms with E-state index in [0.717, 1.165) is 0 Å². The Hall–Kier alpha value is -4.56. The van der Waals surface area contributed by atoms with E-state index < -0.39 is 0 Å². The molecule has 5 rings (SSSR count). The summed E-state index contributed by atoms with van der Waals surface area (Å²) in [6.07, 6.45) is 0. The molecule has 0 aromatic heterocycles. The molecular weight excluding hydrogens is 388 g/mol. The molecule has 0 unspecified atom stereocenters. The van der Waals surface area contributed by atoms with Crippen LogP contribution in [-0.2, 0) is 0 Å². The van der Waals surface area contributed by atoms with E-state index in [1.54, 1.807) is 36.4 Å². The van der Waals surface area contributed by atoms with Crippen LogP contribution >= 0.6 is 0 Å². The zero-order valence-corrected chi connectivity index (χ0v) is 15.4. The van der Waals surface area contributed by atoms with E-state index in [2.05, 4.69) is 0 Å². The first-order valence-corrected chi connectivity index (χ1v) is 8.87. The van der Waals surface area contributed by atoms with E-state index in [4.69, 9.17) is 28.4 Å². The molecule has 2 aliphatic heterocycles. The lowest BCUT2D eigenvalue weighted by atomic mass is 10.1. The molecule has 8 nitrogen and oxygen atoms in total. The van der Waals surface area contributed by atoms with Gasteiger partial charge in [-0.25, -0.2) is 0 Å². The molecule has 30 heavy (non-hydrogen) atoms. The summed E-state index contributed by atoms with van der Waals surface area (Å²) in [7, 11) is 0. The molecule has 0 radical (unpaired) electrons. The Morgan fingerprint density at radius 3 is 1.47 bits per heavy atom. The maximum atomic E-state index is 9.39. The van der Waals surface area contributed by atoms with Crippen molar-refractivity contribution in [3.63, 3.8) is 0 Å². The van der Waals surface area contributed by atoms with E-state index >= 15 is 0 Å². The van der Waals surface area contributed by atoms with Crippen LogP contribution in [0.1, 0.15) is 11.1 Å². The number of nitrogens with zero attached hydrogens (tertiary/aromatic N) is 2. The van der Waals surface area contributed by atoms with Crippen molar-refractivity contribution in [1.29, 1.82) is 10.5 Å². The number of fused-ring (bicyclic) bond motifs is 2. The number of hydrogen-bond acceptors (Lipinski definition) is 8. The summed E-state index contributed by atoms with van der Waals surface area (Å²) in [5, 5.41) is 18.8. The number of benzene rings is 3. The first kappa shape index (κ1) is 17.5. The minimum Gasteiger partial charge on any atom is -0.454 e. The van der Waals surface area contributed by atoms with Crippen LogP contribution in [0.2, 0.25) is 0 Å². The SMILES string of the molecule is N#Cc1cc(Oc2ccc3c(c2)OCO3)c(Oc2ccc3c(c2)OCO3)cc1C#N. The first-order valence-electron chi connectivity index (χ1n) is 8.87. The van der Waals surface area contributed by atoms with Crippen molar-refractivity contribution in [3.8, 4) is 58.1 Å². The Bertz CT molecular complexity index is 1150. The Balaban J connectivity index is 1.52. The van der Waals surface area contributed by atoms with Crippen molar-refractivity contribution in [3.05, 3.63) is 59.7 Å². The maximum Gasteiger partial charge on any atom is 0.231 e. The first-order chi connectivity index (χ1) is 14.7. The Kier molecular flexibility index (Phi) is 4.16. The summed E-state index contributed by atoms with van der Waals surface area (Å²) in [6.45, 7) is 0.291. The van der Waals surface area contributed by atoms with E-state index in [9.17, 15) is 10.5 Å². The molecule has 0 saturated carbocycles. The summed E-state index contributed by atoms with van der Waals surface area (Å²) in [5.41, 5.74) is 0.345. The Morgan fingerprint density at radius 2 is 1.03 bits per heavy atom. The molecule has 0 atom stereocenters. The van der Waals surface area contributed by atoms with Gasteiger partial charge in [0.25, 0.3) is 0 Å². The molecule has 2 heterocycles. The van der Waals surface area contributed by atoms with Gasteiger partial charge in [-0.2, -0.15) is 10.5 Å². The summed E-state index contributed by atoms with van der Waals surface area (Å²) >= 11 is 0. The third-order valence-corrected chi connectivity index (χ3v) is 4.47. The minimum absolute atomic E-state index is 0.146. The molecule has 0 aliphatic carbocycles. The topological polar surface area (TPSA) is 103 Å². The molecule has 0 amide bonds. The van der Waals surface area contributed by atoms with E-state index in [-0.39, 0.29) is 36.2 Å². The van der Waals surface area contributed by atoms with Crippen LogP contribution in [-0.4, -0.2) is 13.6 Å². The number of hydrogen-bond donors (Lipinski definition) is 0. The van der Waals surface area contributed by atoms with Crippen molar-refractivity contribution in [2.45, 2.75) is 0 Å². The van der Waals surface area contributed by atoms with Crippen LogP contribution in [0, 0.1) is 22.7 Å². The summed E-state index contributed by atoms with van der Waals surface area (Å²) in [4.78, 5) is 0. The Labute approximate surface area is 170 Å². The second-order valence-corrected chi connectivity index (χ2v) is 6.30. The largest absolute Gasteiger partial charge is 0.454 e. The second kappa shape index (κ2) is 7.12. The molecule has 0 spiro atoms. The quantitative estimate of drug-likeness (QED) is 0.632. The van der Waals surface area contributed by atoms with Crippen LogP contribution in [0.15, 0.2) is 48.5 Å². The van der Waals surface area contributed by atoms with Crippen molar-refractivity contribution in [1.82, 2.24) is 0 Å². The Morgan fingerprint density at radius 1 is 0.600 bits per heavy atom. The highest BCUT2D eigenvalue weighted by molar-refractivity contribution is 5.59. The van der Waals surface area contributed by atoms with Gasteiger partial charge in [0.1, 0.15) is 23.6 Å². The lowest BCUT2D eigenvalue weighted by Crippen LogP contribution is -1.95. The van der Waals surface area contributed by atoms with Gasteiger partial charge >= 0.3 is 0 Å². The van der Waals surface area contributed by atoms with Crippen molar-refractivity contribution < 1.29 is 28.4 Å². The number of ether oxygens (including phenoxy) is 6. The predicted octanol–water partition coefficient (Wildman–Crippen LogP) is 4.47. The summed E-state index contributed by atoms with van der Waals surface area (Å²) in [6, 6.07) is 17.2. The third-order valence-electron chi connectivity index (χ3n) is 4.47. The standard InChI is InChI=1S/C22H12N2O6/c23-9-13-5-21(29-15-1-3-17-19(7-15)27-11-25-17)22(6-14(13)10-24)30-16-2-4-18-20(8-16)28-12-26-18/h1-8H,11-12H2. The molecule has 3 aromatic carbocycles. The van der Waals surface area contributed by atoms with E-state index in [1.165, 1.54) is 12.1 Å². The molecular formula is C22H12N2O6. The number of nitriles is 2. The normalized spacial score (nSPS) is 12.7. The van der Waals surface area contributed by atoms with E-state index in [0.29, 0.717) is 34.5 Å². The highest BCUT2D eigenvalue weighted by Crippen LogP contribution is 2.42. The van der Waals surface area contributed by atoms with Gasteiger partial charge in [-0.15, -0.1) is 0 Å². The molecule has 0 saturated heterocycles. The molecule has 2 aliphatic rings. The fourth-order valence-corrected chi connectivity index (χ4v) is 3.04. The van der Waals surface area contributed by atoms with Gasteiger partial charge in [0, 0.05) is 24.3 Å². The van der Waals surface area contributed by atoms with Crippen LogP contribution in [0.3, 0.4) is 0 Å². The van der Waals surface area contributed by atoms with Crippen LogP contribution in [0.4, 0.5) is 0 Å². The predicted molar refractivity (Wildman–Crippen MR) is 101 cm³/mol. The monoisotopic (exact) mass is 400 g/mol. The third kappa shape index (κ3) is 3.13. The average molecular weight is 400 g/mol. The van der Waals surface area contributed by atoms with Crippen molar-refractivity contribution in [2.24, 2.45) is 0 Å². The average Bonchev–Trinajstić information content (AvgIpc) is 3.43. The fourth-order valence-electron chi connectivity index (χ4n) is 3.04. The highest BCUT2D eigenvalue weighted by atomic mass is 16.7. The smallest absolute Gasteiger partial charge is 0.231 e. The molecule has 146 valence electrons. The van der Waals surface area contributed by atoms with Gasteiger partial charge in [0.15, 0.2) is 34.5 Å². The van der Waals surface area contributed by atoms with Crippen LogP contribution < -0.4 is 28.4 Å².